The first-order valence-corrected chi connectivity index (χ1v) is 4.68. The van der Waals surface area contributed by atoms with Crippen molar-refractivity contribution in [2.24, 2.45) is 21.8 Å². The predicted octanol–water partition coefficient (Wildman–Crippen LogP) is 2.82. The molecule has 0 amide bonds. The van der Waals surface area contributed by atoms with Crippen LogP contribution in [-0.4, -0.2) is 11.6 Å². The van der Waals surface area contributed by atoms with Gasteiger partial charge >= 0.3 is 0 Å². The molecule has 0 N–H and O–H groups in total. The van der Waals surface area contributed by atoms with Crippen molar-refractivity contribution in [2.45, 2.75) is 27.7 Å². The van der Waals surface area contributed by atoms with Crippen molar-refractivity contribution in [3.63, 3.8) is 0 Å². The highest BCUT2D eigenvalue weighted by molar-refractivity contribution is 6.02. The van der Waals surface area contributed by atoms with Gasteiger partial charge in [0.15, 0.2) is 0 Å². The molecule has 0 unspecified atom stereocenters. The second-order valence-corrected chi connectivity index (χ2v) is 3.80. The third-order valence-corrected chi connectivity index (χ3v) is 2.00. The summed E-state index contributed by atoms with van der Waals surface area (Å²) in [6, 6.07) is 0. The van der Waals surface area contributed by atoms with Gasteiger partial charge in [-0.15, -0.1) is 0 Å². The first-order chi connectivity index (χ1) is 6.13. The zero-order valence-corrected chi connectivity index (χ0v) is 8.70. The molecule has 0 saturated heterocycles. The topological polar surface area (TPSA) is 24.7 Å². The molecule has 2 nitrogen and oxygen atoms in total. The Morgan fingerprint density at radius 3 is 2.38 bits per heavy atom. The van der Waals surface area contributed by atoms with Gasteiger partial charge in [0.05, 0.1) is 6.20 Å². The zero-order valence-electron chi connectivity index (χ0n) is 8.70. The Bertz CT molecular complexity index is 272. The Morgan fingerprint density at radius 2 is 1.85 bits per heavy atom. The van der Waals surface area contributed by atoms with Gasteiger partial charge in [-0.1, -0.05) is 27.7 Å². The standard InChI is InChI=1S/C11H16N2/c1-8(2)10-7-12-5-6-13-11(10)9(3)4/h6-9H,1-4H3. The summed E-state index contributed by atoms with van der Waals surface area (Å²) >= 11 is 0. The Hall–Kier alpha value is -1.14. The molecular formula is C11H16N2. The maximum Gasteiger partial charge on any atom is 0.0885 e. The maximum atomic E-state index is 4.34. The fourth-order valence-electron chi connectivity index (χ4n) is 1.31. The normalized spacial score (nSPS) is 16.2. The second kappa shape index (κ2) is 4.20. The highest BCUT2D eigenvalue weighted by Crippen LogP contribution is 2.18. The van der Waals surface area contributed by atoms with E-state index in [0.29, 0.717) is 11.8 Å². The summed E-state index contributed by atoms with van der Waals surface area (Å²) in [5.41, 5.74) is 2.35. The van der Waals surface area contributed by atoms with E-state index in [1.54, 1.807) is 6.20 Å². The molecule has 0 aromatic heterocycles. The number of allylic oxidation sites excluding steroid dienone is 1. The number of rotatable bonds is 2. The summed E-state index contributed by atoms with van der Waals surface area (Å²) in [7, 11) is 0. The lowest BCUT2D eigenvalue weighted by Crippen LogP contribution is -2.14. The van der Waals surface area contributed by atoms with Crippen molar-refractivity contribution in [3.8, 4) is 0 Å². The van der Waals surface area contributed by atoms with Gasteiger partial charge in [0.1, 0.15) is 0 Å². The third kappa shape index (κ3) is 2.40. The second-order valence-electron chi connectivity index (χ2n) is 3.80. The first kappa shape index (κ1) is 9.94. The van der Waals surface area contributed by atoms with Crippen LogP contribution in [0.3, 0.4) is 0 Å². The van der Waals surface area contributed by atoms with Crippen LogP contribution in [0.2, 0.25) is 0 Å². The van der Waals surface area contributed by atoms with E-state index in [0.717, 1.165) is 5.71 Å². The van der Waals surface area contributed by atoms with Crippen LogP contribution in [0, 0.1) is 11.8 Å². The molecule has 0 aromatic rings. The number of aliphatic imine (C=N–C) groups is 2. The van der Waals surface area contributed by atoms with Crippen LogP contribution in [0.1, 0.15) is 27.7 Å². The van der Waals surface area contributed by atoms with E-state index in [2.05, 4.69) is 43.5 Å². The minimum absolute atomic E-state index is 0.444. The Morgan fingerprint density at radius 1 is 1.15 bits per heavy atom. The molecule has 0 fully saturated rings. The summed E-state index contributed by atoms with van der Waals surface area (Å²) in [6.45, 7) is 8.61. The Balaban J connectivity index is 3.04. The average molecular weight is 176 g/mol. The van der Waals surface area contributed by atoms with Crippen LogP contribution < -0.4 is 0 Å². The molecule has 0 atom stereocenters. The van der Waals surface area contributed by atoms with Gasteiger partial charge in [0.2, 0.25) is 0 Å². The molecule has 0 aliphatic carbocycles. The SMILES string of the molecule is CC(C)C1=CN=C=CN=C1C(C)C. The molecule has 0 radical (unpaired) electrons. The summed E-state index contributed by atoms with van der Waals surface area (Å²) in [5.74, 6) is 3.67. The van der Waals surface area contributed by atoms with E-state index in [-0.39, 0.29) is 0 Å². The number of hydrogen-bond acceptors (Lipinski definition) is 2. The van der Waals surface area contributed by atoms with Crippen molar-refractivity contribution in [1.29, 1.82) is 0 Å². The largest absolute Gasteiger partial charge is 0.251 e. The highest BCUT2D eigenvalue weighted by atomic mass is 14.8. The van der Waals surface area contributed by atoms with Crippen LogP contribution in [0.4, 0.5) is 0 Å². The summed E-state index contributed by atoms with van der Waals surface area (Å²) in [4.78, 5) is 8.37. The molecule has 1 rings (SSSR count). The molecule has 0 saturated carbocycles. The fraction of sp³-hybridized carbons (Fsp3) is 0.545. The minimum Gasteiger partial charge on any atom is -0.251 e. The van der Waals surface area contributed by atoms with Crippen LogP contribution in [0.5, 0.6) is 0 Å². The summed E-state index contributed by atoms with van der Waals surface area (Å²) in [5, 5.41) is 0. The van der Waals surface area contributed by atoms with Crippen LogP contribution in [0.15, 0.2) is 28.0 Å². The molecule has 70 valence electrons. The lowest BCUT2D eigenvalue weighted by Gasteiger charge is -2.15. The molecule has 0 aromatic carbocycles. The van der Waals surface area contributed by atoms with Gasteiger partial charge in [0.25, 0.3) is 0 Å². The average Bonchev–Trinajstić information content (AvgIpc) is 2.27. The highest BCUT2D eigenvalue weighted by Gasteiger charge is 2.14. The van der Waals surface area contributed by atoms with Gasteiger partial charge in [-0.25, -0.2) is 4.99 Å². The first-order valence-electron chi connectivity index (χ1n) is 4.68. The quantitative estimate of drug-likeness (QED) is 0.618. The third-order valence-electron chi connectivity index (χ3n) is 2.00. The zero-order chi connectivity index (χ0) is 9.84. The molecule has 1 aliphatic rings. The number of hydrogen-bond donors (Lipinski definition) is 0. The molecule has 13 heavy (non-hydrogen) atoms. The number of nitrogens with zero attached hydrogens (tertiary/aromatic N) is 2. The van der Waals surface area contributed by atoms with Crippen molar-refractivity contribution >= 4 is 11.6 Å². The minimum atomic E-state index is 0.444. The summed E-state index contributed by atoms with van der Waals surface area (Å²) in [6.07, 6.45) is 3.51. The van der Waals surface area contributed by atoms with Crippen molar-refractivity contribution in [2.75, 3.05) is 0 Å². The van der Waals surface area contributed by atoms with Gasteiger partial charge in [-0.05, 0) is 17.4 Å². The van der Waals surface area contributed by atoms with Crippen LogP contribution >= 0.6 is 0 Å². The maximum absolute atomic E-state index is 4.34. The molecular weight excluding hydrogens is 160 g/mol. The predicted molar refractivity (Wildman–Crippen MR) is 57.2 cm³/mol. The van der Waals surface area contributed by atoms with Crippen LogP contribution in [0.25, 0.3) is 0 Å². The van der Waals surface area contributed by atoms with Gasteiger partial charge in [-0.3, -0.25) is 4.99 Å². The Kier molecular flexibility index (Phi) is 3.21. The van der Waals surface area contributed by atoms with Crippen LogP contribution in [-0.2, 0) is 0 Å². The van der Waals surface area contributed by atoms with Crippen molar-refractivity contribution < 1.29 is 0 Å². The van der Waals surface area contributed by atoms with E-state index in [9.17, 15) is 0 Å². The monoisotopic (exact) mass is 176 g/mol. The molecule has 1 heterocycles. The molecule has 2 heteroatoms. The van der Waals surface area contributed by atoms with Gasteiger partial charge in [-0.2, -0.15) is 0 Å². The van der Waals surface area contributed by atoms with E-state index in [1.165, 1.54) is 5.57 Å². The lowest BCUT2D eigenvalue weighted by atomic mass is 9.92. The molecule has 0 bridgehead atoms. The smallest absolute Gasteiger partial charge is 0.0885 e. The molecule has 1 aliphatic heterocycles. The van der Waals surface area contributed by atoms with E-state index in [1.807, 2.05) is 6.20 Å². The van der Waals surface area contributed by atoms with E-state index >= 15 is 0 Å². The van der Waals surface area contributed by atoms with Crippen molar-refractivity contribution in [1.82, 2.24) is 0 Å². The van der Waals surface area contributed by atoms with Gasteiger partial charge in [0, 0.05) is 17.8 Å². The Labute approximate surface area is 79.8 Å². The van der Waals surface area contributed by atoms with E-state index in [4.69, 9.17) is 0 Å². The van der Waals surface area contributed by atoms with Crippen molar-refractivity contribution in [3.05, 3.63) is 18.0 Å². The van der Waals surface area contributed by atoms with Gasteiger partial charge < -0.3 is 0 Å². The summed E-state index contributed by atoms with van der Waals surface area (Å²) < 4.78 is 0. The fourth-order valence-corrected chi connectivity index (χ4v) is 1.31. The molecule has 0 spiro atoms. The lowest BCUT2D eigenvalue weighted by molar-refractivity contribution is 0.772. The van der Waals surface area contributed by atoms with E-state index < -0.39 is 0 Å².